The minimum atomic E-state index is -0.0955. The number of benzene rings is 1. The Kier molecular flexibility index (Phi) is 3.96. The van der Waals surface area contributed by atoms with E-state index in [9.17, 15) is 4.79 Å². The molecule has 0 aliphatic rings. The molecule has 0 aliphatic heterocycles. The number of aromatic nitrogens is 5. The molecule has 5 aromatic rings. The van der Waals surface area contributed by atoms with Crippen molar-refractivity contribution in [3.63, 3.8) is 0 Å². The molecule has 0 radical (unpaired) electrons. The van der Waals surface area contributed by atoms with E-state index in [4.69, 9.17) is 16.6 Å². The number of halogens is 1. The van der Waals surface area contributed by atoms with Gasteiger partial charge < -0.3 is 4.98 Å². The van der Waals surface area contributed by atoms with Gasteiger partial charge in [0.25, 0.3) is 0 Å². The Labute approximate surface area is 170 Å². The van der Waals surface area contributed by atoms with Crippen molar-refractivity contribution < 1.29 is 0 Å². The van der Waals surface area contributed by atoms with Crippen LogP contribution in [-0.4, -0.2) is 24.7 Å². The lowest BCUT2D eigenvalue weighted by atomic mass is 9.96. The van der Waals surface area contributed by atoms with Gasteiger partial charge in [-0.2, -0.15) is 5.10 Å². The SMILES string of the molecule is Cc1ccn(-c2nc3[nH]ccc(=O)c3cc2-c2cc(Cl)c3ncccc3c2C)n1. The molecular weight excluding hydrogens is 386 g/mol. The molecule has 5 rings (SSSR count). The summed E-state index contributed by atoms with van der Waals surface area (Å²) in [6.07, 6.45) is 5.18. The smallest absolute Gasteiger partial charge is 0.191 e. The number of pyridine rings is 3. The molecule has 0 spiro atoms. The molecule has 4 heterocycles. The molecule has 0 aliphatic carbocycles. The molecule has 6 nitrogen and oxygen atoms in total. The summed E-state index contributed by atoms with van der Waals surface area (Å²) in [5.41, 5.74) is 4.71. The molecule has 7 heteroatoms. The van der Waals surface area contributed by atoms with Crippen molar-refractivity contribution >= 4 is 33.5 Å². The van der Waals surface area contributed by atoms with Crippen molar-refractivity contribution in [2.45, 2.75) is 13.8 Å². The van der Waals surface area contributed by atoms with Crippen LogP contribution >= 0.6 is 11.6 Å². The van der Waals surface area contributed by atoms with E-state index < -0.39 is 0 Å². The summed E-state index contributed by atoms with van der Waals surface area (Å²) in [6, 6.07) is 11.0. The van der Waals surface area contributed by atoms with Crippen LogP contribution in [0.1, 0.15) is 11.3 Å². The first-order valence-corrected chi connectivity index (χ1v) is 9.50. The number of nitrogens with zero attached hydrogens (tertiary/aromatic N) is 4. The molecule has 0 unspecified atom stereocenters. The maximum Gasteiger partial charge on any atom is 0.191 e. The first kappa shape index (κ1) is 17.6. The Morgan fingerprint density at radius 1 is 1.07 bits per heavy atom. The number of hydrogen-bond acceptors (Lipinski definition) is 4. The molecule has 0 bridgehead atoms. The molecule has 0 atom stereocenters. The van der Waals surface area contributed by atoms with Gasteiger partial charge in [0.2, 0.25) is 0 Å². The first-order chi connectivity index (χ1) is 14.0. The fourth-order valence-electron chi connectivity index (χ4n) is 3.62. The fourth-order valence-corrected chi connectivity index (χ4v) is 3.88. The van der Waals surface area contributed by atoms with Gasteiger partial charge in [-0.25, -0.2) is 9.67 Å². The van der Waals surface area contributed by atoms with Gasteiger partial charge in [-0.3, -0.25) is 9.78 Å². The minimum absolute atomic E-state index is 0.0955. The third-order valence-corrected chi connectivity index (χ3v) is 5.35. The summed E-state index contributed by atoms with van der Waals surface area (Å²) in [6.45, 7) is 3.94. The summed E-state index contributed by atoms with van der Waals surface area (Å²) in [4.78, 5) is 24.7. The van der Waals surface area contributed by atoms with Gasteiger partial charge >= 0.3 is 0 Å². The summed E-state index contributed by atoms with van der Waals surface area (Å²) < 4.78 is 1.72. The van der Waals surface area contributed by atoms with Gasteiger partial charge in [-0.05, 0) is 49.2 Å². The highest BCUT2D eigenvalue weighted by atomic mass is 35.5. The van der Waals surface area contributed by atoms with E-state index in [1.807, 2.05) is 50.4 Å². The molecule has 1 aromatic carbocycles. The van der Waals surface area contributed by atoms with Crippen molar-refractivity contribution in [2.75, 3.05) is 0 Å². The van der Waals surface area contributed by atoms with Crippen LogP contribution in [0.2, 0.25) is 5.02 Å². The third-order valence-electron chi connectivity index (χ3n) is 5.07. The predicted molar refractivity (Wildman–Crippen MR) is 115 cm³/mol. The Morgan fingerprint density at radius 2 is 1.93 bits per heavy atom. The fraction of sp³-hybridized carbons (Fsp3) is 0.0909. The Hall–Kier alpha value is -3.51. The first-order valence-electron chi connectivity index (χ1n) is 9.12. The maximum atomic E-state index is 12.5. The number of nitrogens with one attached hydrogen (secondary N) is 1. The van der Waals surface area contributed by atoms with Crippen LogP contribution in [0.4, 0.5) is 0 Å². The topological polar surface area (TPSA) is 76.5 Å². The second-order valence-corrected chi connectivity index (χ2v) is 7.34. The number of fused-ring (bicyclic) bond motifs is 2. The van der Waals surface area contributed by atoms with Crippen LogP contribution in [0.25, 0.3) is 38.9 Å². The lowest BCUT2D eigenvalue weighted by Crippen LogP contribution is -2.08. The van der Waals surface area contributed by atoms with Gasteiger partial charge in [0, 0.05) is 35.6 Å². The zero-order valence-electron chi connectivity index (χ0n) is 15.8. The monoisotopic (exact) mass is 401 g/mol. The normalized spacial score (nSPS) is 11.4. The summed E-state index contributed by atoms with van der Waals surface area (Å²) in [5.74, 6) is 0.620. The second kappa shape index (κ2) is 6.53. The Morgan fingerprint density at radius 3 is 2.72 bits per heavy atom. The van der Waals surface area contributed by atoms with E-state index in [0.717, 1.165) is 33.3 Å². The highest BCUT2D eigenvalue weighted by molar-refractivity contribution is 6.35. The summed E-state index contributed by atoms with van der Waals surface area (Å²) in [7, 11) is 0. The molecule has 1 N–H and O–H groups in total. The average Bonchev–Trinajstić information content (AvgIpc) is 3.16. The summed E-state index contributed by atoms with van der Waals surface area (Å²) >= 11 is 6.56. The molecule has 0 amide bonds. The molecule has 0 saturated carbocycles. The van der Waals surface area contributed by atoms with Crippen LogP contribution in [0, 0.1) is 13.8 Å². The molecule has 4 aromatic heterocycles. The molecule has 29 heavy (non-hydrogen) atoms. The molecule has 0 fully saturated rings. The van der Waals surface area contributed by atoms with Crippen LogP contribution < -0.4 is 5.43 Å². The number of rotatable bonds is 2. The Bertz CT molecular complexity index is 1470. The number of aryl methyl sites for hydroxylation is 2. The quantitative estimate of drug-likeness (QED) is 0.469. The van der Waals surface area contributed by atoms with Gasteiger partial charge in [-0.15, -0.1) is 0 Å². The van der Waals surface area contributed by atoms with Crippen molar-refractivity contribution in [2.24, 2.45) is 0 Å². The number of H-pyrrole nitrogens is 1. The lowest BCUT2D eigenvalue weighted by Gasteiger charge is -2.15. The maximum absolute atomic E-state index is 12.5. The van der Waals surface area contributed by atoms with Gasteiger partial charge in [0.15, 0.2) is 11.2 Å². The van der Waals surface area contributed by atoms with Crippen molar-refractivity contribution in [3.05, 3.63) is 81.5 Å². The highest BCUT2D eigenvalue weighted by Gasteiger charge is 2.18. The number of aromatic amines is 1. The second-order valence-electron chi connectivity index (χ2n) is 6.93. The zero-order valence-corrected chi connectivity index (χ0v) is 16.5. The average molecular weight is 402 g/mol. The van der Waals surface area contributed by atoms with E-state index in [2.05, 4.69) is 15.1 Å². The third kappa shape index (κ3) is 2.80. The van der Waals surface area contributed by atoms with Gasteiger partial charge in [0.1, 0.15) is 5.65 Å². The van der Waals surface area contributed by atoms with Crippen LogP contribution in [-0.2, 0) is 0 Å². The molecular formula is C22H16ClN5O. The van der Waals surface area contributed by atoms with Crippen LogP contribution in [0.5, 0.6) is 0 Å². The lowest BCUT2D eigenvalue weighted by molar-refractivity contribution is 0.837. The Balaban J connectivity index is 1.91. The zero-order chi connectivity index (χ0) is 20.1. The van der Waals surface area contributed by atoms with E-state index in [1.165, 1.54) is 6.07 Å². The van der Waals surface area contributed by atoms with E-state index >= 15 is 0 Å². The number of hydrogen-bond donors (Lipinski definition) is 1. The standard InChI is InChI=1S/C22H16ClN5O/c1-12-6-9-28(27-12)22-16(10-17-19(29)5-8-25-21(17)26-22)15-11-18(23)20-14(13(15)2)4-3-7-24-20/h3-11H,1-2H3,(H,25,26,29). The van der Waals surface area contributed by atoms with E-state index in [1.54, 1.807) is 17.1 Å². The van der Waals surface area contributed by atoms with Crippen molar-refractivity contribution in [1.82, 2.24) is 24.7 Å². The van der Waals surface area contributed by atoms with Crippen LogP contribution in [0.3, 0.4) is 0 Å². The van der Waals surface area contributed by atoms with Crippen LogP contribution in [0.15, 0.2) is 59.8 Å². The minimum Gasteiger partial charge on any atom is -0.346 e. The highest BCUT2D eigenvalue weighted by Crippen LogP contribution is 2.36. The van der Waals surface area contributed by atoms with Crippen molar-refractivity contribution in [3.8, 4) is 16.9 Å². The van der Waals surface area contributed by atoms with Gasteiger partial charge in [0.05, 0.1) is 21.6 Å². The predicted octanol–water partition coefficient (Wildman–Crippen LogP) is 4.59. The van der Waals surface area contributed by atoms with E-state index in [-0.39, 0.29) is 5.43 Å². The van der Waals surface area contributed by atoms with Crippen molar-refractivity contribution in [1.29, 1.82) is 0 Å². The van der Waals surface area contributed by atoms with E-state index in [0.29, 0.717) is 21.9 Å². The molecule has 142 valence electrons. The largest absolute Gasteiger partial charge is 0.346 e. The van der Waals surface area contributed by atoms with Gasteiger partial charge in [-0.1, -0.05) is 17.7 Å². The molecule has 0 saturated heterocycles. The summed E-state index contributed by atoms with van der Waals surface area (Å²) in [5, 5.41) is 6.54.